The number of H-pyrrole nitrogens is 1. The molecule has 1 atom stereocenters. The largest absolute Gasteiger partial charge is 0.479 e. The highest BCUT2D eigenvalue weighted by Crippen LogP contribution is 2.45. The van der Waals surface area contributed by atoms with E-state index in [-0.39, 0.29) is 5.92 Å². The summed E-state index contributed by atoms with van der Waals surface area (Å²) in [7, 11) is 0. The van der Waals surface area contributed by atoms with E-state index in [0.717, 1.165) is 12.8 Å². The first kappa shape index (κ1) is 8.31. The summed E-state index contributed by atoms with van der Waals surface area (Å²) >= 11 is 0. The van der Waals surface area contributed by atoms with E-state index < -0.39 is 11.6 Å². The standard InChI is InChI=1S/C9H11NO3/c11-8(12)9(13,6-3-4-6)7-2-1-5-10-7/h1-2,5-6,10,13H,3-4H2,(H,11,12). The van der Waals surface area contributed by atoms with Gasteiger partial charge in [-0.25, -0.2) is 4.79 Å². The van der Waals surface area contributed by atoms with E-state index in [2.05, 4.69) is 4.98 Å². The first-order valence-corrected chi connectivity index (χ1v) is 4.25. The summed E-state index contributed by atoms with van der Waals surface area (Å²) in [6, 6.07) is 3.29. The average Bonchev–Trinajstić information content (AvgIpc) is 2.80. The first-order valence-electron chi connectivity index (χ1n) is 4.25. The van der Waals surface area contributed by atoms with Gasteiger partial charge in [0.15, 0.2) is 0 Å². The molecule has 0 aliphatic heterocycles. The number of aromatic amines is 1. The van der Waals surface area contributed by atoms with Crippen molar-refractivity contribution in [1.82, 2.24) is 4.98 Å². The van der Waals surface area contributed by atoms with Crippen molar-refractivity contribution < 1.29 is 15.0 Å². The van der Waals surface area contributed by atoms with Crippen molar-refractivity contribution in [3.05, 3.63) is 24.0 Å². The highest BCUT2D eigenvalue weighted by molar-refractivity contribution is 5.79. The molecular formula is C9H11NO3. The number of nitrogens with one attached hydrogen (secondary N) is 1. The minimum Gasteiger partial charge on any atom is -0.479 e. The zero-order valence-electron chi connectivity index (χ0n) is 7.03. The van der Waals surface area contributed by atoms with Crippen LogP contribution in [0.5, 0.6) is 0 Å². The van der Waals surface area contributed by atoms with Gasteiger partial charge in [0, 0.05) is 12.1 Å². The molecule has 0 aromatic carbocycles. The number of carbonyl (C=O) groups is 1. The van der Waals surface area contributed by atoms with E-state index >= 15 is 0 Å². The first-order chi connectivity index (χ1) is 6.15. The molecule has 1 aromatic heterocycles. The Labute approximate surface area is 75.2 Å². The van der Waals surface area contributed by atoms with Crippen molar-refractivity contribution >= 4 is 5.97 Å². The molecule has 0 radical (unpaired) electrons. The lowest BCUT2D eigenvalue weighted by atomic mass is 9.94. The molecule has 1 fully saturated rings. The smallest absolute Gasteiger partial charge is 0.342 e. The van der Waals surface area contributed by atoms with E-state index in [4.69, 9.17) is 5.11 Å². The van der Waals surface area contributed by atoms with Crippen LogP contribution in [0.3, 0.4) is 0 Å². The number of carboxylic acid groups (broad SMARTS) is 1. The van der Waals surface area contributed by atoms with E-state index in [0.29, 0.717) is 5.69 Å². The molecule has 1 aliphatic rings. The molecule has 70 valence electrons. The van der Waals surface area contributed by atoms with E-state index in [9.17, 15) is 9.90 Å². The minimum atomic E-state index is -1.70. The number of aromatic nitrogens is 1. The van der Waals surface area contributed by atoms with E-state index in [1.54, 1.807) is 18.3 Å². The van der Waals surface area contributed by atoms with Crippen molar-refractivity contribution in [3.8, 4) is 0 Å². The zero-order chi connectivity index (χ0) is 9.47. The topological polar surface area (TPSA) is 73.3 Å². The quantitative estimate of drug-likeness (QED) is 0.642. The summed E-state index contributed by atoms with van der Waals surface area (Å²) < 4.78 is 0. The molecule has 1 aromatic rings. The molecule has 1 saturated carbocycles. The molecule has 4 heteroatoms. The number of aliphatic carboxylic acids is 1. The van der Waals surface area contributed by atoms with Crippen molar-refractivity contribution in [1.29, 1.82) is 0 Å². The Hall–Kier alpha value is -1.29. The van der Waals surface area contributed by atoms with Crippen LogP contribution in [0.2, 0.25) is 0 Å². The summed E-state index contributed by atoms with van der Waals surface area (Å²) in [5, 5.41) is 18.9. The third-order valence-corrected chi connectivity index (χ3v) is 2.50. The third-order valence-electron chi connectivity index (χ3n) is 2.50. The Bertz CT molecular complexity index is 316. The molecule has 0 bridgehead atoms. The number of rotatable bonds is 3. The van der Waals surface area contributed by atoms with Crippen LogP contribution in [-0.2, 0) is 10.4 Å². The van der Waals surface area contributed by atoms with Crippen LogP contribution in [0.1, 0.15) is 18.5 Å². The van der Waals surface area contributed by atoms with Gasteiger partial charge >= 0.3 is 5.97 Å². The van der Waals surface area contributed by atoms with Crippen LogP contribution >= 0.6 is 0 Å². The molecule has 3 N–H and O–H groups in total. The summed E-state index contributed by atoms with van der Waals surface area (Å²) in [5.41, 5.74) is -1.33. The number of hydrogen-bond acceptors (Lipinski definition) is 2. The molecule has 4 nitrogen and oxygen atoms in total. The average molecular weight is 181 g/mol. The molecule has 0 spiro atoms. The summed E-state index contributed by atoms with van der Waals surface area (Å²) in [5.74, 6) is -1.30. The second-order valence-electron chi connectivity index (χ2n) is 3.43. The fourth-order valence-electron chi connectivity index (χ4n) is 1.58. The van der Waals surface area contributed by atoms with Gasteiger partial charge in [0.1, 0.15) is 0 Å². The Morgan fingerprint density at radius 2 is 2.31 bits per heavy atom. The summed E-state index contributed by atoms with van der Waals surface area (Å²) in [6.45, 7) is 0. The van der Waals surface area contributed by atoms with Gasteiger partial charge in [0.05, 0.1) is 5.69 Å². The van der Waals surface area contributed by atoms with E-state index in [1.165, 1.54) is 0 Å². The van der Waals surface area contributed by atoms with Crippen molar-refractivity contribution in [2.45, 2.75) is 18.4 Å². The zero-order valence-corrected chi connectivity index (χ0v) is 7.03. The van der Waals surface area contributed by atoms with Crippen LogP contribution in [0.15, 0.2) is 18.3 Å². The summed E-state index contributed by atoms with van der Waals surface area (Å²) in [4.78, 5) is 13.7. The van der Waals surface area contributed by atoms with Gasteiger partial charge in [-0.1, -0.05) is 0 Å². The molecule has 2 rings (SSSR count). The molecule has 0 amide bonds. The summed E-state index contributed by atoms with van der Waals surface area (Å²) in [6.07, 6.45) is 3.18. The highest BCUT2D eigenvalue weighted by atomic mass is 16.4. The highest BCUT2D eigenvalue weighted by Gasteiger charge is 2.52. The van der Waals surface area contributed by atoms with E-state index in [1.807, 2.05) is 0 Å². The second-order valence-corrected chi connectivity index (χ2v) is 3.43. The number of carboxylic acids is 1. The third kappa shape index (κ3) is 1.14. The molecule has 1 unspecified atom stereocenters. The molecular weight excluding hydrogens is 170 g/mol. The number of hydrogen-bond donors (Lipinski definition) is 3. The van der Waals surface area contributed by atoms with Gasteiger partial charge in [-0.05, 0) is 25.0 Å². The van der Waals surface area contributed by atoms with Crippen LogP contribution in [0.4, 0.5) is 0 Å². The van der Waals surface area contributed by atoms with Gasteiger partial charge in [0.25, 0.3) is 0 Å². The van der Waals surface area contributed by atoms with Crippen LogP contribution in [-0.4, -0.2) is 21.2 Å². The molecule has 13 heavy (non-hydrogen) atoms. The fourth-order valence-corrected chi connectivity index (χ4v) is 1.58. The lowest BCUT2D eigenvalue weighted by molar-refractivity contribution is -0.162. The number of aliphatic hydroxyl groups is 1. The fraction of sp³-hybridized carbons (Fsp3) is 0.444. The van der Waals surface area contributed by atoms with Gasteiger partial charge in [-0.3, -0.25) is 0 Å². The monoisotopic (exact) mass is 181 g/mol. The SMILES string of the molecule is O=C(O)C(O)(c1ccc[nH]1)C1CC1. The van der Waals surface area contributed by atoms with Crippen LogP contribution in [0.25, 0.3) is 0 Å². The van der Waals surface area contributed by atoms with Gasteiger partial charge in [-0.15, -0.1) is 0 Å². The van der Waals surface area contributed by atoms with Crippen molar-refractivity contribution in [2.24, 2.45) is 5.92 Å². The minimum absolute atomic E-state index is 0.136. The predicted molar refractivity (Wildman–Crippen MR) is 45.0 cm³/mol. The molecule has 0 saturated heterocycles. The maximum absolute atomic E-state index is 10.9. The van der Waals surface area contributed by atoms with Crippen molar-refractivity contribution in [3.63, 3.8) is 0 Å². The predicted octanol–water partition coefficient (Wildman–Crippen LogP) is 0.697. The maximum atomic E-state index is 10.9. The normalized spacial score (nSPS) is 21.0. The van der Waals surface area contributed by atoms with Crippen molar-refractivity contribution in [2.75, 3.05) is 0 Å². The van der Waals surface area contributed by atoms with Gasteiger partial charge in [-0.2, -0.15) is 0 Å². The van der Waals surface area contributed by atoms with Gasteiger partial charge in [0.2, 0.25) is 5.60 Å². The lowest BCUT2D eigenvalue weighted by Gasteiger charge is -2.21. The molecule has 1 aliphatic carbocycles. The Kier molecular flexibility index (Phi) is 1.66. The lowest BCUT2D eigenvalue weighted by Crippen LogP contribution is -2.38. The van der Waals surface area contributed by atoms with Crippen LogP contribution in [0, 0.1) is 5.92 Å². The second kappa shape index (κ2) is 2.60. The Balaban J connectivity index is 2.38. The Morgan fingerprint density at radius 3 is 2.69 bits per heavy atom. The molecule has 1 heterocycles. The van der Waals surface area contributed by atoms with Crippen LogP contribution < -0.4 is 0 Å². The Morgan fingerprint density at radius 1 is 1.62 bits per heavy atom. The van der Waals surface area contributed by atoms with Gasteiger partial charge < -0.3 is 15.2 Å². The maximum Gasteiger partial charge on any atom is 0.342 e.